The van der Waals surface area contributed by atoms with Crippen LogP contribution in [0, 0.1) is 0 Å². The zero-order valence-corrected chi connectivity index (χ0v) is 9.62. The van der Waals surface area contributed by atoms with Crippen LogP contribution in [-0.4, -0.2) is 34.0 Å². The van der Waals surface area contributed by atoms with Crippen molar-refractivity contribution in [2.24, 2.45) is 0 Å². The van der Waals surface area contributed by atoms with Crippen LogP contribution in [0.2, 0.25) is 0 Å². The van der Waals surface area contributed by atoms with Crippen molar-refractivity contribution in [2.75, 3.05) is 11.9 Å². The molecule has 0 saturated heterocycles. The molecule has 0 fully saturated rings. The maximum atomic E-state index is 12.0. The molecule has 2 N–H and O–H groups in total. The van der Waals surface area contributed by atoms with Crippen LogP contribution in [0.4, 0.5) is 5.69 Å². The molecule has 0 aliphatic heterocycles. The number of benzene rings is 1. The first-order valence-electron chi connectivity index (χ1n) is 5.19. The van der Waals surface area contributed by atoms with E-state index in [0.717, 1.165) is 0 Å². The van der Waals surface area contributed by atoms with Crippen molar-refractivity contribution >= 4 is 17.6 Å². The monoisotopic (exact) mass is 245 g/mol. The number of imidazole rings is 1. The average Bonchev–Trinajstić information content (AvgIpc) is 2.91. The van der Waals surface area contributed by atoms with Gasteiger partial charge in [-0.1, -0.05) is 0 Å². The zero-order valence-electron chi connectivity index (χ0n) is 9.62. The number of rotatable bonds is 3. The molecule has 0 unspecified atom stereocenters. The molecule has 2 rings (SSSR count). The van der Waals surface area contributed by atoms with Crippen molar-refractivity contribution in [3.63, 3.8) is 0 Å². The second kappa shape index (κ2) is 4.70. The molecule has 18 heavy (non-hydrogen) atoms. The Labute approximate surface area is 103 Å². The van der Waals surface area contributed by atoms with Crippen LogP contribution in [-0.2, 0) is 0 Å². The van der Waals surface area contributed by atoms with Crippen molar-refractivity contribution in [3.8, 4) is 0 Å². The number of amides is 1. The molecule has 1 aromatic heterocycles. The van der Waals surface area contributed by atoms with Gasteiger partial charge in [-0.15, -0.1) is 0 Å². The fraction of sp³-hybridized carbons (Fsp3) is 0.0833. The fourth-order valence-corrected chi connectivity index (χ4v) is 1.50. The number of carboxylic acids is 1. The number of nitrogens with one attached hydrogen (secondary N) is 1. The number of carboxylic acid groups (broad SMARTS) is 1. The van der Waals surface area contributed by atoms with E-state index in [0.29, 0.717) is 11.4 Å². The maximum Gasteiger partial charge on any atom is 0.335 e. The van der Waals surface area contributed by atoms with Crippen molar-refractivity contribution in [3.05, 3.63) is 48.0 Å². The molecule has 1 aromatic carbocycles. The van der Waals surface area contributed by atoms with Gasteiger partial charge in [0.05, 0.1) is 18.1 Å². The lowest BCUT2D eigenvalue weighted by Crippen LogP contribution is -2.26. The van der Waals surface area contributed by atoms with Gasteiger partial charge in [-0.3, -0.25) is 4.79 Å². The smallest absolute Gasteiger partial charge is 0.335 e. The summed E-state index contributed by atoms with van der Waals surface area (Å²) in [4.78, 5) is 30.6. The number of aromatic amines is 1. The lowest BCUT2D eigenvalue weighted by Gasteiger charge is -2.16. The van der Waals surface area contributed by atoms with Gasteiger partial charge in [-0.05, 0) is 24.3 Å². The van der Waals surface area contributed by atoms with E-state index in [1.54, 1.807) is 19.2 Å². The van der Waals surface area contributed by atoms with E-state index in [1.165, 1.54) is 29.6 Å². The first-order valence-corrected chi connectivity index (χ1v) is 5.19. The van der Waals surface area contributed by atoms with E-state index in [-0.39, 0.29) is 11.5 Å². The Morgan fingerprint density at radius 3 is 2.44 bits per heavy atom. The van der Waals surface area contributed by atoms with E-state index in [2.05, 4.69) is 9.97 Å². The summed E-state index contributed by atoms with van der Waals surface area (Å²) in [6.07, 6.45) is 2.86. The number of anilines is 1. The Morgan fingerprint density at radius 1 is 1.28 bits per heavy atom. The number of hydrogen-bond acceptors (Lipinski definition) is 3. The lowest BCUT2D eigenvalue weighted by molar-refractivity contribution is 0.0696. The number of H-pyrrole nitrogens is 1. The van der Waals surface area contributed by atoms with Gasteiger partial charge in [0.2, 0.25) is 0 Å². The summed E-state index contributed by atoms with van der Waals surface area (Å²) >= 11 is 0. The Balaban J connectivity index is 2.21. The summed E-state index contributed by atoms with van der Waals surface area (Å²) < 4.78 is 0. The Kier molecular flexibility index (Phi) is 3.09. The normalized spacial score (nSPS) is 10.1. The third-order valence-corrected chi connectivity index (χ3v) is 2.53. The molecular formula is C12H11N3O3. The molecule has 0 aliphatic rings. The van der Waals surface area contributed by atoms with Gasteiger partial charge in [-0.2, -0.15) is 0 Å². The third kappa shape index (κ3) is 2.22. The highest BCUT2D eigenvalue weighted by molar-refractivity contribution is 6.04. The van der Waals surface area contributed by atoms with Crippen LogP contribution in [0.25, 0.3) is 0 Å². The van der Waals surface area contributed by atoms with Gasteiger partial charge in [0, 0.05) is 12.7 Å². The highest BCUT2D eigenvalue weighted by Crippen LogP contribution is 2.15. The third-order valence-electron chi connectivity index (χ3n) is 2.53. The number of carbonyl (C=O) groups excluding carboxylic acids is 1. The first-order chi connectivity index (χ1) is 8.59. The predicted molar refractivity (Wildman–Crippen MR) is 64.7 cm³/mol. The van der Waals surface area contributed by atoms with Gasteiger partial charge < -0.3 is 15.0 Å². The summed E-state index contributed by atoms with van der Waals surface area (Å²) in [5.74, 6) is -1.24. The molecule has 0 radical (unpaired) electrons. The maximum absolute atomic E-state index is 12.0. The Morgan fingerprint density at radius 2 is 1.94 bits per heavy atom. The lowest BCUT2D eigenvalue weighted by atomic mass is 10.2. The van der Waals surface area contributed by atoms with Crippen LogP contribution in [0.1, 0.15) is 20.8 Å². The van der Waals surface area contributed by atoms with Gasteiger partial charge in [0.15, 0.2) is 0 Å². The highest BCUT2D eigenvalue weighted by Gasteiger charge is 2.14. The Bertz CT molecular complexity index is 561. The van der Waals surface area contributed by atoms with E-state index in [4.69, 9.17) is 5.11 Å². The summed E-state index contributed by atoms with van der Waals surface area (Å²) in [7, 11) is 1.61. The van der Waals surface area contributed by atoms with E-state index in [1.807, 2.05) is 0 Å². The molecule has 92 valence electrons. The summed E-state index contributed by atoms with van der Waals surface area (Å²) in [6, 6.07) is 6.07. The molecule has 0 atom stereocenters. The number of aromatic nitrogens is 2. The van der Waals surface area contributed by atoms with Gasteiger partial charge >= 0.3 is 5.97 Å². The molecule has 0 spiro atoms. The number of aromatic carboxylic acids is 1. The molecule has 0 saturated carbocycles. The van der Waals surface area contributed by atoms with Gasteiger partial charge in [0.25, 0.3) is 5.91 Å². The summed E-state index contributed by atoms with van der Waals surface area (Å²) in [5, 5.41) is 8.78. The van der Waals surface area contributed by atoms with Gasteiger partial charge in [-0.25, -0.2) is 9.78 Å². The zero-order chi connectivity index (χ0) is 13.1. The second-order valence-electron chi connectivity index (χ2n) is 3.68. The topological polar surface area (TPSA) is 86.3 Å². The minimum absolute atomic E-state index is 0.182. The largest absolute Gasteiger partial charge is 0.478 e. The van der Waals surface area contributed by atoms with Crippen LogP contribution in [0.15, 0.2) is 36.8 Å². The number of nitrogens with zero attached hydrogens (tertiary/aromatic N) is 2. The molecule has 0 bridgehead atoms. The molecule has 6 nitrogen and oxygen atoms in total. The molecule has 2 aromatic rings. The minimum Gasteiger partial charge on any atom is -0.478 e. The number of carbonyl (C=O) groups is 2. The van der Waals surface area contributed by atoms with Crippen LogP contribution in [0.5, 0.6) is 0 Å². The molecule has 1 amide bonds. The SMILES string of the molecule is CN(C(=O)c1cnc[nH]1)c1ccc(C(=O)O)cc1. The predicted octanol–water partition coefficient (Wildman–Crippen LogP) is 1.38. The summed E-state index contributed by atoms with van der Waals surface area (Å²) in [6.45, 7) is 0. The molecule has 0 aliphatic carbocycles. The van der Waals surface area contributed by atoms with Crippen LogP contribution < -0.4 is 4.90 Å². The highest BCUT2D eigenvalue weighted by atomic mass is 16.4. The quantitative estimate of drug-likeness (QED) is 0.855. The fourth-order valence-electron chi connectivity index (χ4n) is 1.50. The van der Waals surface area contributed by atoms with Crippen molar-refractivity contribution in [1.82, 2.24) is 9.97 Å². The van der Waals surface area contributed by atoms with Crippen molar-refractivity contribution < 1.29 is 14.7 Å². The van der Waals surface area contributed by atoms with Crippen LogP contribution >= 0.6 is 0 Å². The molecule has 6 heteroatoms. The van der Waals surface area contributed by atoms with Crippen molar-refractivity contribution in [2.45, 2.75) is 0 Å². The molecule has 1 heterocycles. The van der Waals surface area contributed by atoms with E-state index < -0.39 is 5.97 Å². The van der Waals surface area contributed by atoms with Crippen LogP contribution in [0.3, 0.4) is 0 Å². The number of hydrogen-bond donors (Lipinski definition) is 2. The molecular weight excluding hydrogens is 234 g/mol. The van der Waals surface area contributed by atoms with Crippen molar-refractivity contribution in [1.29, 1.82) is 0 Å². The Hall–Kier alpha value is -2.63. The summed E-state index contributed by atoms with van der Waals surface area (Å²) in [5.41, 5.74) is 1.17. The van der Waals surface area contributed by atoms with E-state index in [9.17, 15) is 9.59 Å². The van der Waals surface area contributed by atoms with E-state index >= 15 is 0 Å². The standard InChI is InChI=1S/C12H11N3O3/c1-15(11(16)10-6-13-7-14-10)9-4-2-8(3-5-9)12(17)18/h2-7H,1H3,(H,13,14)(H,17,18). The second-order valence-corrected chi connectivity index (χ2v) is 3.68. The minimum atomic E-state index is -0.996. The average molecular weight is 245 g/mol. The first kappa shape index (κ1) is 11.8. The van der Waals surface area contributed by atoms with Gasteiger partial charge in [0.1, 0.15) is 5.69 Å².